The number of halogens is 1. The zero-order valence-corrected chi connectivity index (χ0v) is 7.66. The molecule has 0 aromatic carbocycles. The molecule has 1 aromatic rings. The van der Waals surface area contributed by atoms with Crippen LogP contribution in [0.25, 0.3) is 0 Å². The van der Waals surface area contributed by atoms with Gasteiger partial charge in [-0.1, -0.05) is 22.6 Å². The van der Waals surface area contributed by atoms with Crippen molar-refractivity contribution in [3.8, 4) is 0 Å². The van der Waals surface area contributed by atoms with E-state index in [0.29, 0.717) is 0 Å². The Morgan fingerprint density at radius 1 is 1.56 bits per heavy atom. The molecule has 0 amide bonds. The van der Waals surface area contributed by atoms with Gasteiger partial charge in [0.25, 0.3) is 0 Å². The molecule has 0 aliphatic carbocycles. The Morgan fingerprint density at radius 3 is 2.44 bits per heavy atom. The maximum atomic E-state index is 3.95. The topological polar surface area (TPSA) is 17.8 Å². The monoisotopic (exact) mass is 236 g/mol. The Balaban J connectivity index is 2.90. The smallest absolute Gasteiger partial charge is 0.0957 e. The lowest BCUT2D eigenvalue weighted by Crippen LogP contribution is -2.15. The van der Waals surface area contributed by atoms with Crippen LogP contribution in [0.3, 0.4) is 0 Å². The number of alkyl halides is 1. The molecular weight excluding hydrogens is 227 g/mol. The minimum atomic E-state index is 0.147. The third kappa shape index (κ3) is 1.67. The number of hydrogen-bond donors (Lipinski definition) is 0. The summed E-state index contributed by atoms with van der Waals surface area (Å²) in [6, 6.07) is 0. The summed E-state index contributed by atoms with van der Waals surface area (Å²) in [5, 5.41) is 0. The Bertz CT molecular complexity index is 173. The van der Waals surface area contributed by atoms with Gasteiger partial charge < -0.3 is 4.57 Å². The summed E-state index contributed by atoms with van der Waals surface area (Å²) in [5.74, 6) is 0. The van der Waals surface area contributed by atoms with E-state index in [0.717, 1.165) is 0 Å². The lowest BCUT2D eigenvalue weighted by molar-refractivity contribution is 0.568. The fourth-order valence-electron chi connectivity index (χ4n) is 0.574. The average molecular weight is 236 g/mol. The van der Waals surface area contributed by atoms with Crippen molar-refractivity contribution < 1.29 is 0 Å². The highest BCUT2D eigenvalue weighted by atomic mass is 127. The molecule has 0 spiro atoms. The molecule has 0 aliphatic rings. The standard InChI is InChI=1S/C6H9IN2/c1-6(2,7)9-4-3-8-5-9/h3-5H,1-2H3. The second-order valence-corrected chi connectivity index (χ2v) is 5.02. The molecule has 0 unspecified atom stereocenters. The van der Waals surface area contributed by atoms with Gasteiger partial charge in [-0.05, 0) is 13.8 Å². The van der Waals surface area contributed by atoms with Crippen LogP contribution in [0.1, 0.15) is 13.8 Å². The van der Waals surface area contributed by atoms with Crippen LogP contribution in [-0.4, -0.2) is 9.55 Å². The van der Waals surface area contributed by atoms with Gasteiger partial charge >= 0.3 is 0 Å². The lowest BCUT2D eigenvalue weighted by Gasteiger charge is -2.17. The first-order chi connectivity index (χ1) is 4.11. The fourth-order valence-corrected chi connectivity index (χ4v) is 0.859. The van der Waals surface area contributed by atoms with Crippen molar-refractivity contribution in [3.63, 3.8) is 0 Å². The van der Waals surface area contributed by atoms with Crippen LogP contribution in [0, 0.1) is 0 Å². The SMILES string of the molecule is CC(C)(I)n1ccnc1. The highest BCUT2D eigenvalue weighted by molar-refractivity contribution is 14.1. The van der Waals surface area contributed by atoms with Crippen molar-refractivity contribution in [2.24, 2.45) is 0 Å². The zero-order chi connectivity index (χ0) is 6.91. The molecule has 0 bridgehead atoms. The van der Waals surface area contributed by atoms with Crippen molar-refractivity contribution in [3.05, 3.63) is 18.7 Å². The molecule has 1 heterocycles. The third-order valence-corrected chi connectivity index (χ3v) is 1.68. The van der Waals surface area contributed by atoms with E-state index >= 15 is 0 Å². The number of rotatable bonds is 1. The van der Waals surface area contributed by atoms with Crippen molar-refractivity contribution in [1.82, 2.24) is 9.55 Å². The maximum Gasteiger partial charge on any atom is 0.0957 e. The largest absolute Gasteiger partial charge is 0.323 e. The number of imidazole rings is 1. The van der Waals surface area contributed by atoms with Gasteiger partial charge in [0.05, 0.1) is 9.87 Å². The van der Waals surface area contributed by atoms with Crippen molar-refractivity contribution in [2.75, 3.05) is 0 Å². The molecule has 1 aromatic heterocycles. The van der Waals surface area contributed by atoms with E-state index in [1.54, 1.807) is 6.20 Å². The summed E-state index contributed by atoms with van der Waals surface area (Å²) >= 11 is 2.36. The maximum absolute atomic E-state index is 3.95. The fraction of sp³-hybridized carbons (Fsp3) is 0.500. The summed E-state index contributed by atoms with van der Waals surface area (Å²) in [6.45, 7) is 4.27. The van der Waals surface area contributed by atoms with E-state index in [4.69, 9.17) is 0 Å². The highest BCUT2D eigenvalue weighted by Gasteiger charge is 2.12. The molecule has 0 saturated heterocycles. The summed E-state index contributed by atoms with van der Waals surface area (Å²) in [7, 11) is 0. The molecule has 0 atom stereocenters. The highest BCUT2D eigenvalue weighted by Crippen LogP contribution is 2.22. The van der Waals surface area contributed by atoms with Gasteiger partial charge in [-0.2, -0.15) is 0 Å². The molecular formula is C6H9IN2. The molecule has 9 heavy (non-hydrogen) atoms. The second kappa shape index (κ2) is 2.28. The molecule has 0 N–H and O–H groups in total. The normalized spacial score (nSPS) is 11.9. The summed E-state index contributed by atoms with van der Waals surface area (Å²) < 4.78 is 2.21. The Kier molecular flexibility index (Phi) is 1.79. The summed E-state index contributed by atoms with van der Waals surface area (Å²) in [5.41, 5.74) is 0. The summed E-state index contributed by atoms with van der Waals surface area (Å²) in [6.07, 6.45) is 5.58. The van der Waals surface area contributed by atoms with Gasteiger partial charge in [0.1, 0.15) is 0 Å². The van der Waals surface area contributed by atoms with Crippen molar-refractivity contribution in [2.45, 2.75) is 17.4 Å². The van der Waals surface area contributed by atoms with Gasteiger partial charge in [-0.25, -0.2) is 4.98 Å². The van der Waals surface area contributed by atoms with E-state index in [1.807, 2.05) is 12.5 Å². The molecule has 0 saturated carbocycles. The predicted octanol–water partition coefficient (Wildman–Crippen LogP) is 2.01. The number of aromatic nitrogens is 2. The number of hydrogen-bond acceptors (Lipinski definition) is 1. The lowest BCUT2D eigenvalue weighted by atomic mass is 10.4. The molecule has 3 heteroatoms. The molecule has 0 aliphatic heterocycles. The van der Waals surface area contributed by atoms with Gasteiger partial charge in [0.15, 0.2) is 0 Å². The minimum Gasteiger partial charge on any atom is -0.323 e. The Morgan fingerprint density at radius 2 is 2.22 bits per heavy atom. The number of nitrogens with zero attached hydrogens (tertiary/aromatic N) is 2. The second-order valence-electron chi connectivity index (χ2n) is 2.38. The third-order valence-electron chi connectivity index (χ3n) is 1.12. The van der Waals surface area contributed by atoms with Crippen LogP contribution in [0.5, 0.6) is 0 Å². The first-order valence-electron chi connectivity index (χ1n) is 2.78. The van der Waals surface area contributed by atoms with Gasteiger partial charge in [-0.15, -0.1) is 0 Å². The average Bonchev–Trinajstić information content (AvgIpc) is 2.08. The molecule has 1 rings (SSSR count). The quantitative estimate of drug-likeness (QED) is 0.538. The van der Waals surface area contributed by atoms with Crippen LogP contribution in [0.4, 0.5) is 0 Å². The van der Waals surface area contributed by atoms with E-state index < -0.39 is 0 Å². The predicted molar refractivity (Wildman–Crippen MR) is 45.6 cm³/mol. The Hall–Kier alpha value is -0.0600. The van der Waals surface area contributed by atoms with Crippen LogP contribution < -0.4 is 0 Å². The van der Waals surface area contributed by atoms with Gasteiger partial charge in [0.2, 0.25) is 0 Å². The molecule has 0 radical (unpaired) electrons. The summed E-state index contributed by atoms with van der Waals surface area (Å²) in [4.78, 5) is 3.95. The van der Waals surface area contributed by atoms with E-state index in [1.165, 1.54) is 0 Å². The van der Waals surface area contributed by atoms with E-state index in [-0.39, 0.29) is 3.55 Å². The van der Waals surface area contributed by atoms with Gasteiger partial charge in [-0.3, -0.25) is 0 Å². The zero-order valence-electron chi connectivity index (χ0n) is 5.50. The minimum absolute atomic E-state index is 0.147. The van der Waals surface area contributed by atoms with Gasteiger partial charge in [0, 0.05) is 12.4 Å². The van der Waals surface area contributed by atoms with E-state index in [9.17, 15) is 0 Å². The molecule has 0 fully saturated rings. The van der Waals surface area contributed by atoms with Crippen molar-refractivity contribution >= 4 is 22.6 Å². The van der Waals surface area contributed by atoms with Crippen LogP contribution in [-0.2, 0) is 3.55 Å². The van der Waals surface area contributed by atoms with Crippen LogP contribution >= 0.6 is 22.6 Å². The van der Waals surface area contributed by atoms with Crippen molar-refractivity contribution in [1.29, 1.82) is 0 Å². The Labute approximate surface area is 68.4 Å². The molecule has 2 nitrogen and oxygen atoms in total. The first kappa shape index (κ1) is 7.05. The van der Waals surface area contributed by atoms with E-state index in [2.05, 4.69) is 46.0 Å². The van der Waals surface area contributed by atoms with Crippen LogP contribution in [0.2, 0.25) is 0 Å². The first-order valence-corrected chi connectivity index (χ1v) is 3.86. The molecule has 50 valence electrons. The van der Waals surface area contributed by atoms with Crippen LogP contribution in [0.15, 0.2) is 18.7 Å².